The summed E-state index contributed by atoms with van der Waals surface area (Å²) in [5, 5.41) is 3.03. The van der Waals surface area contributed by atoms with Crippen molar-refractivity contribution < 1.29 is 4.79 Å². The minimum atomic E-state index is -0.605. The van der Waals surface area contributed by atoms with E-state index in [1.54, 1.807) is 7.05 Å². The van der Waals surface area contributed by atoms with Crippen LogP contribution in [-0.2, 0) is 4.79 Å². The van der Waals surface area contributed by atoms with Crippen molar-refractivity contribution in [3.05, 3.63) is 0 Å². The predicted octanol–water partition coefficient (Wildman–Crippen LogP) is 0.428. The fraction of sp³-hybridized carbons (Fsp3) is 0.917. The van der Waals surface area contributed by atoms with E-state index in [1.165, 1.54) is 6.42 Å². The van der Waals surface area contributed by atoms with Crippen LogP contribution in [0.15, 0.2) is 0 Å². The first-order chi connectivity index (χ1) is 7.39. The normalized spacial score (nSPS) is 25.9. The quantitative estimate of drug-likeness (QED) is 0.716. The molecule has 2 atom stereocenters. The SMILES string of the molecule is CNC(C)(CN1CCC(C(C)C)C1)C(N)=O. The van der Waals surface area contributed by atoms with Crippen molar-refractivity contribution in [1.82, 2.24) is 10.2 Å². The molecule has 0 radical (unpaired) electrons. The molecule has 16 heavy (non-hydrogen) atoms. The van der Waals surface area contributed by atoms with Crippen molar-refractivity contribution in [2.45, 2.75) is 32.7 Å². The summed E-state index contributed by atoms with van der Waals surface area (Å²) >= 11 is 0. The van der Waals surface area contributed by atoms with E-state index in [0.717, 1.165) is 24.9 Å². The second kappa shape index (κ2) is 5.15. The number of amides is 1. The second-order valence-corrected chi connectivity index (χ2v) is 5.47. The maximum atomic E-state index is 11.4. The number of carbonyl (C=O) groups is 1. The molecule has 4 heteroatoms. The molecule has 0 saturated carbocycles. The number of rotatable bonds is 5. The van der Waals surface area contributed by atoms with Crippen LogP contribution in [0.3, 0.4) is 0 Å². The molecule has 1 saturated heterocycles. The largest absolute Gasteiger partial charge is 0.368 e. The molecule has 94 valence electrons. The molecular formula is C12H25N3O. The molecule has 1 rings (SSSR count). The van der Waals surface area contributed by atoms with Crippen molar-refractivity contribution in [2.75, 3.05) is 26.7 Å². The summed E-state index contributed by atoms with van der Waals surface area (Å²) in [5.41, 5.74) is 4.82. The lowest BCUT2D eigenvalue weighted by Crippen LogP contribution is -2.58. The molecule has 2 unspecified atom stereocenters. The zero-order valence-corrected chi connectivity index (χ0v) is 10.9. The Hall–Kier alpha value is -0.610. The summed E-state index contributed by atoms with van der Waals surface area (Å²) in [7, 11) is 1.79. The summed E-state index contributed by atoms with van der Waals surface area (Å²) in [5.74, 6) is 1.20. The Morgan fingerprint density at radius 3 is 2.62 bits per heavy atom. The molecule has 3 N–H and O–H groups in total. The highest BCUT2D eigenvalue weighted by atomic mass is 16.1. The third-order valence-electron chi connectivity index (χ3n) is 3.89. The van der Waals surface area contributed by atoms with Crippen molar-refractivity contribution in [3.8, 4) is 0 Å². The standard InChI is InChI=1S/C12H25N3O/c1-9(2)10-5-6-15(7-10)8-12(3,14-4)11(13)16/h9-10,14H,5-8H2,1-4H3,(H2,13,16). The minimum Gasteiger partial charge on any atom is -0.368 e. The molecule has 0 spiro atoms. The molecule has 1 aliphatic rings. The van der Waals surface area contributed by atoms with Gasteiger partial charge in [0, 0.05) is 13.1 Å². The predicted molar refractivity (Wildman–Crippen MR) is 66.0 cm³/mol. The Morgan fingerprint density at radius 1 is 1.62 bits per heavy atom. The Kier molecular flexibility index (Phi) is 4.33. The van der Waals surface area contributed by atoms with Gasteiger partial charge in [0.1, 0.15) is 5.54 Å². The van der Waals surface area contributed by atoms with Gasteiger partial charge in [-0.3, -0.25) is 4.79 Å². The van der Waals surface area contributed by atoms with Crippen LogP contribution >= 0.6 is 0 Å². The van der Waals surface area contributed by atoms with Crippen molar-refractivity contribution in [3.63, 3.8) is 0 Å². The monoisotopic (exact) mass is 227 g/mol. The minimum absolute atomic E-state index is 0.275. The van der Waals surface area contributed by atoms with Crippen LogP contribution in [0.5, 0.6) is 0 Å². The van der Waals surface area contributed by atoms with Gasteiger partial charge in [-0.1, -0.05) is 13.8 Å². The van der Waals surface area contributed by atoms with Gasteiger partial charge in [0.25, 0.3) is 0 Å². The third-order valence-corrected chi connectivity index (χ3v) is 3.89. The molecule has 0 bridgehead atoms. The highest BCUT2D eigenvalue weighted by Gasteiger charge is 2.34. The van der Waals surface area contributed by atoms with Crippen molar-refractivity contribution in [1.29, 1.82) is 0 Å². The second-order valence-electron chi connectivity index (χ2n) is 5.47. The van der Waals surface area contributed by atoms with Gasteiger partial charge in [0.15, 0.2) is 0 Å². The van der Waals surface area contributed by atoms with Gasteiger partial charge >= 0.3 is 0 Å². The average molecular weight is 227 g/mol. The lowest BCUT2D eigenvalue weighted by Gasteiger charge is -2.30. The van der Waals surface area contributed by atoms with Crippen LogP contribution in [0.4, 0.5) is 0 Å². The zero-order chi connectivity index (χ0) is 12.3. The summed E-state index contributed by atoms with van der Waals surface area (Å²) in [6, 6.07) is 0. The van der Waals surface area contributed by atoms with Gasteiger partial charge in [-0.05, 0) is 38.8 Å². The van der Waals surface area contributed by atoms with E-state index in [0.29, 0.717) is 6.54 Å². The molecule has 1 fully saturated rings. The summed E-state index contributed by atoms with van der Waals surface area (Å²) in [6.45, 7) is 9.27. The maximum absolute atomic E-state index is 11.4. The van der Waals surface area contributed by atoms with Crippen LogP contribution in [0.1, 0.15) is 27.2 Å². The maximum Gasteiger partial charge on any atom is 0.238 e. The highest BCUT2D eigenvalue weighted by molar-refractivity contribution is 5.84. The molecule has 1 aliphatic heterocycles. The zero-order valence-electron chi connectivity index (χ0n) is 10.9. The van der Waals surface area contributed by atoms with Crippen LogP contribution in [-0.4, -0.2) is 43.0 Å². The van der Waals surface area contributed by atoms with E-state index in [1.807, 2.05) is 6.92 Å². The summed E-state index contributed by atoms with van der Waals surface area (Å²) in [4.78, 5) is 13.7. The van der Waals surface area contributed by atoms with Gasteiger partial charge < -0.3 is 16.0 Å². The van der Waals surface area contributed by atoms with Gasteiger partial charge in [-0.25, -0.2) is 0 Å². The van der Waals surface area contributed by atoms with Crippen molar-refractivity contribution in [2.24, 2.45) is 17.6 Å². The number of primary amides is 1. The first-order valence-electron chi connectivity index (χ1n) is 6.10. The van der Waals surface area contributed by atoms with E-state index in [4.69, 9.17) is 5.73 Å². The third kappa shape index (κ3) is 2.95. The molecule has 1 amide bonds. The molecule has 0 aliphatic carbocycles. The van der Waals surface area contributed by atoms with E-state index in [2.05, 4.69) is 24.1 Å². The lowest BCUT2D eigenvalue weighted by molar-refractivity contribution is -0.124. The number of nitrogens with two attached hydrogens (primary N) is 1. The average Bonchev–Trinajstić information content (AvgIpc) is 2.65. The van der Waals surface area contributed by atoms with Crippen LogP contribution in [0.25, 0.3) is 0 Å². The number of nitrogens with zero attached hydrogens (tertiary/aromatic N) is 1. The van der Waals surface area contributed by atoms with E-state index < -0.39 is 5.54 Å². The first-order valence-corrected chi connectivity index (χ1v) is 6.10. The van der Waals surface area contributed by atoms with E-state index >= 15 is 0 Å². The Morgan fingerprint density at radius 2 is 2.25 bits per heavy atom. The number of hydrogen-bond acceptors (Lipinski definition) is 3. The van der Waals surface area contributed by atoms with E-state index in [9.17, 15) is 4.79 Å². The van der Waals surface area contributed by atoms with Crippen LogP contribution in [0, 0.1) is 11.8 Å². The summed E-state index contributed by atoms with van der Waals surface area (Å²) < 4.78 is 0. The van der Waals surface area contributed by atoms with Crippen molar-refractivity contribution >= 4 is 5.91 Å². The smallest absolute Gasteiger partial charge is 0.238 e. The van der Waals surface area contributed by atoms with Gasteiger partial charge in [-0.15, -0.1) is 0 Å². The molecule has 0 aromatic rings. The number of carbonyl (C=O) groups excluding carboxylic acids is 1. The fourth-order valence-electron chi connectivity index (χ4n) is 2.28. The molecule has 0 aromatic carbocycles. The Labute approximate surface area is 98.6 Å². The van der Waals surface area contributed by atoms with Crippen LogP contribution < -0.4 is 11.1 Å². The van der Waals surface area contributed by atoms with Gasteiger partial charge in [-0.2, -0.15) is 0 Å². The molecule has 0 aromatic heterocycles. The Balaban J connectivity index is 2.53. The lowest BCUT2D eigenvalue weighted by atomic mass is 9.95. The first kappa shape index (κ1) is 13.5. The number of likely N-dealkylation sites (tertiary alicyclic amines) is 1. The Bertz CT molecular complexity index is 255. The van der Waals surface area contributed by atoms with Gasteiger partial charge in [0.2, 0.25) is 5.91 Å². The van der Waals surface area contributed by atoms with Crippen LogP contribution in [0.2, 0.25) is 0 Å². The summed E-state index contributed by atoms with van der Waals surface area (Å²) in [6.07, 6.45) is 1.23. The molecular weight excluding hydrogens is 202 g/mol. The molecule has 1 heterocycles. The topological polar surface area (TPSA) is 58.4 Å². The van der Waals surface area contributed by atoms with Gasteiger partial charge in [0.05, 0.1) is 0 Å². The number of likely N-dealkylation sites (N-methyl/N-ethyl adjacent to an activating group) is 1. The molecule has 4 nitrogen and oxygen atoms in total. The number of nitrogens with one attached hydrogen (secondary N) is 1. The fourth-order valence-corrected chi connectivity index (χ4v) is 2.28. The highest BCUT2D eigenvalue weighted by Crippen LogP contribution is 2.24. The van der Waals surface area contributed by atoms with E-state index in [-0.39, 0.29) is 5.91 Å². The number of hydrogen-bond donors (Lipinski definition) is 2.